The van der Waals surface area contributed by atoms with Crippen LogP contribution in [-0.4, -0.2) is 76.5 Å². The SMILES string of the molecule is Cc1ccc(NC(=O)C(CCC=CC(=O)N(C)C)OC(=O)N(C)C)c(=O)n1Cc1cc2ncc(F)c(CC(C)C)c2[nH]1. The third-order valence-corrected chi connectivity index (χ3v) is 6.55. The molecule has 0 radical (unpaired) electrons. The number of fused-ring (bicyclic) bond motifs is 1. The lowest BCUT2D eigenvalue weighted by Crippen LogP contribution is -2.38. The smallest absolute Gasteiger partial charge is 0.410 e. The van der Waals surface area contributed by atoms with Crippen LogP contribution in [0.5, 0.6) is 0 Å². The highest BCUT2D eigenvalue weighted by atomic mass is 19.1. The fraction of sp³-hybridized carbons (Fsp3) is 0.433. The third-order valence-electron chi connectivity index (χ3n) is 6.55. The molecule has 226 valence electrons. The summed E-state index contributed by atoms with van der Waals surface area (Å²) in [7, 11) is 6.22. The van der Waals surface area contributed by atoms with Crippen molar-refractivity contribution in [3.05, 3.63) is 69.7 Å². The van der Waals surface area contributed by atoms with Crippen LogP contribution in [-0.2, 0) is 27.3 Å². The zero-order valence-electron chi connectivity index (χ0n) is 25.2. The molecule has 3 amide bonds. The van der Waals surface area contributed by atoms with E-state index in [2.05, 4.69) is 15.3 Å². The monoisotopic (exact) mass is 582 g/mol. The first-order valence-corrected chi connectivity index (χ1v) is 13.7. The number of aryl methyl sites for hydroxylation is 1. The fourth-order valence-electron chi connectivity index (χ4n) is 4.24. The number of aromatic nitrogens is 3. The van der Waals surface area contributed by atoms with E-state index in [4.69, 9.17) is 4.74 Å². The number of likely N-dealkylation sites (N-methyl/N-ethyl adjacent to an activating group) is 1. The van der Waals surface area contributed by atoms with E-state index >= 15 is 0 Å². The first kappa shape index (κ1) is 32.0. The van der Waals surface area contributed by atoms with Gasteiger partial charge in [-0.3, -0.25) is 19.4 Å². The molecule has 0 aliphatic heterocycles. The van der Waals surface area contributed by atoms with Gasteiger partial charge in [-0.25, -0.2) is 9.18 Å². The number of hydrogen-bond donors (Lipinski definition) is 2. The molecule has 0 aromatic carbocycles. The number of aromatic amines is 1. The number of allylic oxidation sites excluding steroid dienone is 1. The fourth-order valence-corrected chi connectivity index (χ4v) is 4.24. The maximum atomic E-state index is 14.5. The molecular formula is C30H39FN6O5. The number of ether oxygens (including phenoxy) is 1. The summed E-state index contributed by atoms with van der Waals surface area (Å²) < 4.78 is 21.4. The van der Waals surface area contributed by atoms with Crippen molar-refractivity contribution < 1.29 is 23.5 Å². The molecular weight excluding hydrogens is 543 g/mol. The number of rotatable bonds is 11. The Kier molecular flexibility index (Phi) is 10.6. The van der Waals surface area contributed by atoms with E-state index in [0.717, 1.165) is 0 Å². The molecule has 0 aliphatic carbocycles. The molecule has 0 bridgehead atoms. The van der Waals surface area contributed by atoms with Crippen molar-refractivity contribution in [1.82, 2.24) is 24.3 Å². The number of nitrogens with zero attached hydrogens (tertiary/aromatic N) is 4. The molecule has 3 rings (SSSR count). The minimum atomic E-state index is -1.21. The summed E-state index contributed by atoms with van der Waals surface area (Å²) in [5, 5.41) is 2.60. The summed E-state index contributed by atoms with van der Waals surface area (Å²) in [6, 6.07) is 4.97. The molecule has 42 heavy (non-hydrogen) atoms. The van der Waals surface area contributed by atoms with Crippen molar-refractivity contribution in [1.29, 1.82) is 0 Å². The Balaban J connectivity index is 1.84. The predicted octanol–water partition coefficient (Wildman–Crippen LogP) is 3.85. The highest BCUT2D eigenvalue weighted by Crippen LogP contribution is 2.23. The van der Waals surface area contributed by atoms with Crippen LogP contribution in [0.3, 0.4) is 0 Å². The number of anilines is 1. The molecule has 12 heteroatoms. The van der Waals surface area contributed by atoms with Gasteiger partial charge in [-0.05, 0) is 56.4 Å². The topological polar surface area (TPSA) is 130 Å². The highest BCUT2D eigenvalue weighted by Gasteiger charge is 2.25. The maximum absolute atomic E-state index is 14.5. The predicted molar refractivity (Wildman–Crippen MR) is 159 cm³/mol. The standard InChI is InChI=1S/C30H39FN6O5/c1-18(2)14-21-22(31)16-32-24-15-20(33-27(21)24)17-37-19(3)12-13-23(29(37)40)34-28(39)25(42-30(41)36(6)7)10-8-9-11-26(38)35(4)5/h9,11-13,15-16,18,25,33H,8,10,14,17H2,1-7H3,(H,34,39). The average Bonchev–Trinajstić information content (AvgIpc) is 3.34. The molecule has 0 saturated heterocycles. The normalized spacial score (nSPS) is 12.1. The molecule has 0 fully saturated rings. The summed E-state index contributed by atoms with van der Waals surface area (Å²) in [5.41, 5.74) is 2.59. The van der Waals surface area contributed by atoms with Gasteiger partial charge in [-0.2, -0.15) is 0 Å². The molecule has 1 unspecified atom stereocenters. The van der Waals surface area contributed by atoms with Crippen molar-refractivity contribution in [2.45, 2.75) is 52.7 Å². The van der Waals surface area contributed by atoms with Gasteiger partial charge in [-0.15, -0.1) is 0 Å². The lowest BCUT2D eigenvalue weighted by atomic mass is 10.0. The van der Waals surface area contributed by atoms with E-state index < -0.39 is 23.7 Å². The van der Waals surface area contributed by atoms with Crippen LogP contribution in [0.2, 0.25) is 0 Å². The zero-order chi connectivity index (χ0) is 31.1. The van der Waals surface area contributed by atoms with E-state index in [0.29, 0.717) is 34.4 Å². The number of carbonyl (C=O) groups excluding carboxylic acids is 3. The van der Waals surface area contributed by atoms with Crippen molar-refractivity contribution in [3.8, 4) is 0 Å². The number of halogens is 1. The van der Waals surface area contributed by atoms with Crippen LogP contribution in [0.15, 0.2) is 41.3 Å². The maximum Gasteiger partial charge on any atom is 0.410 e. The number of hydrogen-bond acceptors (Lipinski definition) is 6. The first-order chi connectivity index (χ1) is 19.8. The van der Waals surface area contributed by atoms with E-state index in [9.17, 15) is 23.6 Å². The van der Waals surface area contributed by atoms with E-state index in [1.165, 1.54) is 46.8 Å². The van der Waals surface area contributed by atoms with Gasteiger partial charge in [0.05, 0.1) is 23.8 Å². The van der Waals surface area contributed by atoms with Crippen LogP contribution in [0.4, 0.5) is 14.9 Å². The Morgan fingerprint density at radius 1 is 1.17 bits per heavy atom. The zero-order valence-corrected chi connectivity index (χ0v) is 25.2. The molecule has 0 aliphatic rings. The summed E-state index contributed by atoms with van der Waals surface area (Å²) in [6.45, 7) is 5.91. The molecule has 0 saturated carbocycles. The van der Waals surface area contributed by atoms with E-state index in [-0.39, 0.29) is 42.7 Å². The molecule has 11 nitrogen and oxygen atoms in total. The highest BCUT2D eigenvalue weighted by molar-refractivity contribution is 5.95. The Hall–Kier alpha value is -4.48. The van der Waals surface area contributed by atoms with Gasteiger partial charge >= 0.3 is 6.09 Å². The number of carbonyl (C=O) groups is 3. The molecule has 1 atom stereocenters. The number of nitrogens with one attached hydrogen (secondary N) is 2. The van der Waals surface area contributed by atoms with Crippen molar-refractivity contribution >= 4 is 34.6 Å². The molecule has 0 spiro atoms. The first-order valence-electron chi connectivity index (χ1n) is 13.7. The lowest BCUT2D eigenvalue weighted by Gasteiger charge is -2.20. The Labute approximate surface area is 244 Å². The average molecular weight is 583 g/mol. The van der Waals surface area contributed by atoms with Crippen molar-refractivity contribution in [2.24, 2.45) is 5.92 Å². The van der Waals surface area contributed by atoms with E-state index in [1.807, 2.05) is 13.8 Å². The minimum Gasteiger partial charge on any atom is -0.436 e. The van der Waals surface area contributed by atoms with Gasteiger partial charge < -0.3 is 29.4 Å². The van der Waals surface area contributed by atoms with Crippen LogP contribution >= 0.6 is 0 Å². The number of pyridine rings is 2. The Morgan fingerprint density at radius 2 is 1.88 bits per heavy atom. The minimum absolute atomic E-state index is 0.00982. The van der Waals surface area contributed by atoms with Gasteiger partial charge in [0, 0.05) is 45.1 Å². The summed E-state index contributed by atoms with van der Waals surface area (Å²) in [4.78, 5) is 60.7. The third kappa shape index (κ3) is 8.05. The van der Waals surface area contributed by atoms with Gasteiger partial charge in [0.2, 0.25) is 5.91 Å². The second-order valence-corrected chi connectivity index (χ2v) is 11.0. The van der Waals surface area contributed by atoms with Gasteiger partial charge in [-0.1, -0.05) is 19.9 Å². The van der Waals surface area contributed by atoms with Crippen molar-refractivity contribution in [3.63, 3.8) is 0 Å². The van der Waals surface area contributed by atoms with Gasteiger partial charge in [0.25, 0.3) is 11.5 Å². The largest absolute Gasteiger partial charge is 0.436 e. The Morgan fingerprint density at radius 3 is 2.52 bits per heavy atom. The lowest BCUT2D eigenvalue weighted by molar-refractivity contribution is -0.125. The van der Waals surface area contributed by atoms with Crippen LogP contribution < -0.4 is 10.9 Å². The summed E-state index contributed by atoms with van der Waals surface area (Å²) in [5.74, 6) is -1.03. The van der Waals surface area contributed by atoms with Gasteiger partial charge in [0.1, 0.15) is 11.5 Å². The molecule has 2 N–H and O–H groups in total. The summed E-state index contributed by atoms with van der Waals surface area (Å²) in [6.07, 6.45) is 3.17. The second-order valence-electron chi connectivity index (χ2n) is 11.0. The summed E-state index contributed by atoms with van der Waals surface area (Å²) >= 11 is 0. The number of H-pyrrole nitrogens is 1. The molecule has 3 heterocycles. The van der Waals surface area contributed by atoms with Crippen LogP contribution in [0, 0.1) is 18.7 Å². The van der Waals surface area contributed by atoms with Gasteiger partial charge in [0.15, 0.2) is 6.10 Å². The molecule has 3 aromatic rings. The van der Waals surface area contributed by atoms with Crippen LogP contribution in [0.25, 0.3) is 11.0 Å². The number of amides is 3. The van der Waals surface area contributed by atoms with E-state index in [1.54, 1.807) is 39.2 Å². The van der Waals surface area contributed by atoms with Crippen LogP contribution in [0.1, 0.15) is 43.6 Å². The second kappa shape index (κ2) is 13.9. The quantitative estimate of drug-likeness (QED) is 0.331. The Bertz CT molecular complexity index is 1540. The van der Waals surface area contributed by atoms with Crippen molar-refractivity contribution in [2.75, 3.05) is 33.5 Å². The molecule has 3 aromatic heterocycles.